The highest BCUT2D eigenvalue weighted by Gasteiger charge is 2.53. The highest BCUT2D eigenvalue weighted by molar-refractivity contribution is 7.89. The van der Waals surface area contributed by atoms with Crippen LogP contribution in [0.1, 0.15) is 32.3 Å². The second kappa shape index (κ2) is 8.92. The van der Waals surface area contributed by atoms with Gasteiger partial charge in [-0.3, -0.25) is 4.79 Å². The molecule has 0 unspecified atom stereocenters. The van der Waals surface area contributed by atoms with Crippen molar-refractivity contribution in [1.29, 1.82) is 0 Å². The van der Waals surface area contributed by atoms with Crippen LogP contribution in [-0.2, 0) is 21.2 Å². The molecule has 32 heavy (non-hydrogen) atoms. The van der Waals surface area contributed by atoms with Crippen molar-refractivity contribution < 1.29 is 22.7 Å². The summed E-state index contributed by atoms with van der Waals surface area (Å²) in [7, 11) is -3.53. The van der Waals surface area contributed by atoms with E-state index in [9.17, 15) is 18.3 Å². The predicted molar refractivity (Wildman–Crippen MR) is 121 cm³/mol. The molecule has 0 aromatic heterocycles. The van der Waals surface area contributed by atoms with Crippen molar-refractivity contribution in [2.75, 3.05) is 5.75 Å². The van der Waals surface area contributed by atoms with Crippen molar-refractivity contribution in [3.63, 3.8) is 0 Å². The van der Waals surface area contributed by atoms with Crippen LogP contribution in [-0.4, -0.2) is 54.3 Å². The largest absolute Gasteiger partial charge is 0.384 e. The SMILES string of the molecule is CCS(=O)(=O)N[C@H]1C2CC(C2)N(C(=O)[C@@H](C)O)[C@H]1Cc1cccc(-c2ccccc2)c1F. The summed E-state index contributed by atoms with van der Waals surface area (Å²) >= 11 is 0. The van der Waals surface area contributed by atoms with Crippen molar-refractivity contribution in [2.45, 2.75) is 57.3 Å². The number of nitrogens with one attached hydrogen (secondary N) is 1. The number of carbonyl (C=O) groups is 1. The highest BCUT2D eigenvalue weighted by atomic mass is 32.2. The lowest BCUT2D eigenvalue weighted by molar-refractivity contribution is -0.157. The molecule has 0 spiro atoms. The van der Waals surface area contributed by atoms with Crippen molar-refractivity contribution >= 4 is 15.9 Å². The molecule has 2 N–H and O–H groups in total. The minimum Gasteiger partial charge on any atom is -0.384 e. The highest BCUT2D eigenvalue weighted by Crippen LogP contribution is 2.44. The Morgan fingerprint density at radius 2 is 1.88 bits per heavy atom. The van der Waals surface area contributed by atoms with Gasteiger partial charge in [0.05, 0.1) is 11.8 Å². The van der Waals surface area contributed by atoms with E-state index < -0.39 is 34.1 Å². The monoisotopic (exact) mass is 460 g/mol. The molecule has 2 aliphatic heterocycles. The van der Waals surface area contributed by atoms with Crippen molar-refractivity contribution in [3.8, 4) is 11.1 Å². The zero-order chi connectivity index (χ0) is 23.0. The van der Waals surface area contributed by atoms with Gasteiger partial charge in [-0.25, -0.2) is 17.5 Å². The molecule has 172 valence electrons. The van der Waals surface area contributed by atoms with Crippen LogP contribution in [0.15, 0.2) is 48.5 Å². The second-order valence-corrected chi connectivity index (χ2v) is 10.8. The van der Waals surface area contributed by atoms with E-state index in [4.69, 9.17) is 0 Å². The van der Waals surface area contributed by atoms with Gasteiger partial charge in [-0.1, -0.05) is 48.5 Å². The summed E-state index contributed by atoms with van der Waals surface area (Å²) in [4.78, 5) is 14.5. The number of fused-ring (bicyclic) bond motifs is 2. The van der Waals surface area contributed by atoms with E-state index >= 15 is 4.39 Å². The normalized spacial score (nSPS) is 25.8. The molecule has 2 aromatic rings. The second-order valence-electron chi connectivity index (χ2n) is 8.77. The third kappa shape index (κ3) is 4.31. The molecule has 1 aliphatic carbocycles. The first-order valence-electron chi connectivity index (χ1n) is 11.0. The van der Waals surface area contributed by atoms with E-state index in [0.717, 1.165) is 5.56 Å². The molecule has 2 heterocycles. The minimum atomic E-state index is -3.53. The number of hydrogen-bond donors (Lipinski definition) is 2. The fourth-order valence-corrected chi connectivity index (χ4v) is 5.89. The summed E-state index contributed by atoms with van der Waals surface area (Å²) in [6.07, 6.45) is 0.310. The van der Waals surface area contributed by atoms with E-state index in [1.54, 1.807) is 30.0 Å². The maximum Gasteiger partial charge on any atom is 0.251 e. The van der Waals surface area contributed by atoms with Gasteiger partial charge in [0.25, 0.3) is 5.91 Å². The molecule has 3 aliphatic rings. The van der Waals surface area contributed by atoms with Gasteiger partial charge in [-0.2, -0.15) is 0 Å². The van der Waals surface area contributed by atoms with Crippen molar-refractivity contribution in [2.24, 2.45) is 5.92 Å². The Kier molecular flexibility index (Phi) is 6.38. The molecular weight excluding hydrogens is 431 g/mol. The average Bonchev–Trinajstić information content (AvgIpc) is 2.74. The van der Waals surface area contributed by atoms with Gasteiger partial charge < -0.3 is 10.0 Å². The fourth-order valence-electron chi connectivity index (χ4n) is 4.96. The molecule has 1 saturated carbocycles. The summed E-state index contributed by atoms with van der Waals surface area (Å²) in [5.74, 6) is -0.808. The number of nitrogens with zero attached hydrogens (tertiary/aromatic N) is 1. The summed E-state index contributed by atoms with van der Waals surface area (Å²) in [6.45, 7) is 2.97. The molecule has 2 aromatic carbocycles. The molecule has 3 atom stereocenters. The van der Waals surface area contributed by atoms with Crippen molar-refractivity contribution in [3.05, 3.63) is 59.9 Å². The molecule has 0 radical (unpaired) electrons. The quantitative estimate of drug-likeness (QED) is 0.665. The number of rotatable bonds is 7. The van der Waals surface area contributed by atoms with E-state index in [-0.39, 0.29) is 30.0 Å². The third-order valence-corrected chi connectivity index (χ3v) is 8.11. The number of benzene rings is 2. The Morgan fingerprint density at radius 3 is 2.50 bits per heavy atom. The van der Waals surface area contributed by atoms with E-state index in [1.807, 2.05) is 30.3 Å². The molecule has 5 rings (SSSR count). The van der Waals surface area contributed by atoms with Gasteiger partial charge in [-0.05, 0) is 50.2 Å². The topological polar surface area (TPSA) is 86.7 Å². The number of aliphatic hydroxyl groups excluding tert-OH is 1. The van der Waals surface area contributed by atoms with Crippen LogP contribution < -0.4 is 4.72 Å². The Hall–Kier alpha value is -2.29. The summed E-state index contributed by atoms with van der Waals surface area (Å²) in [5, 5.41) is 10.0. The number of sulfonamides is 1. The summed E-state index contributed by atoms with van der Waals surface area (Å²) < 4.78 is 43.1. The number of carbonyl (C=O) groups excluding carboxylic acids is 1. The first-order chi connectivity index (χ1) is 15.2. The van der Waals surface area contributed by atoms with Gasteiger partial charge in [0.2, 0.25) is 10.0 Å². The van der Waals surface area contributed by atoms with Crippen molar-refractivity contribution in [1.82, 2.24) is 9.62 Å². The van der Waals surface area contributed by atoms with Crippen LogP contribution in [0.5, 0.6) is 0 Å². The number of aliphatic hydroxyl groups is 1. The summed E-state index contributed by atoms with van der Waals surface area (Å²) in [6, 6.07) is 13.2. The molecule has 6 nitrogen and oxygen atoms in total. The third-order valence-electron chi connectivity index (χ3n) is 6.72. The van der Waals surface area contributed by atoms with Crippen LogP contribution in [0.25, 0.3) is 11.1 Å². The Morgan fingerprint density at radius 1 is 1.19 bits per heavy atom. The van der Waals surface area contributed by atoms with Crippen LogP contribution in [0.3, 0.4) is 0 Å². The average molecular weight is 461 g/mol. The standard InChI is InChI=1S/C24H29FN2O4S/c1-3-32(30,31)26-23-18-12-19(13-18)27(24(29)15(2)28)21(23)14-17-10-7-11-20(22(17)25)16-8-5-4-6-9-16/h4-11,15,18-19,21,23,26,28H,3,12-14H2,1-2H3/t15-,18?,19?,21+,23+/m1/s1. The molecule has 3 fully saturated rings. The molecular formula is C24H29FN2O4S. The Bertz CT molecular complexity index is 1080. The first-order valence-corrected chi connectivity index (χ1v) is 12.7. The van der Waals surface area contributed by atoms with E-state index in [2.05, 4.69) is 4.72 Å². The number of halogens is 1. The van der Waals surface area contributed by atoms with Gasteiger partial charge in [0.1, 0.15) is 11.9 Å². The Balaban J connectivity index is 1.72. The van der Waals surface area contributed by atoms with Gasteiger partial charge in [-0.15, -0.1) is 0 Å². The van der Waals surface area contributed by atoms with Crippen LogP contribution in [0, 0.1) is 11.7 Å². The summed E-state index contributed by atoms with van der Waals surface area (Å²) in [5.41, 5.74) is 1.63. The lowest BCUT2D eigenvalue weighted by Crippen LogP contribution is -2.71. The lowest BCUT2D eigenvalue weighted by Gasteiger charge is -2.58. The van der Waals surface area contributed by atoms with Gasteiger partial charge in [0.15, 0.2) is 0 Å². The zero-order valence-electron chi connectivity index (χ0n) is 18.2. The number of piperidine rings is 2. The molecule has 8 heteroatoms. The molecule has 2 saturated heterocycles. The maximum atomic E-state index is 15.5. The first kappa shape index (κ1) is 22.9. The van der Waals surface area contributed by atoms with E-state index in [1.165, 1.54) is 6.92 Å². The fraction of sp³-hybridized carbons (Fsp3) is 0.458. The van der Waals surface area contributed by atoms with Crippen LogP contribution in [0.4, 0.5) is 4.39 Å². The Labute approximate surface area is 188 Å². The van der Waals surface area contributed by atoms with Crippen LogP contribution >= 0.6 is 0 Å². The van der Waals surface area contributed by atoms with Gasteiger partial charge in [0, 0.05) is 17.6 Å². The van der Waals surface area contributed by atoms with Gasteiger partial charge >= 0.3 is 0 Å². The van der Waals surface area contributed by atoms with Crippen LogP contribution in [0.2, 0.25) is 0 Å². The molecule has 2 bridgehead atoms. The smallest absolute Gasteiger partial charge is 0.251 e. The lowest BCUT2D eigenvalue weighted by atomic mass is 9.66. The number of amides is 1. The van der Waals surface area contributed by atoms with E-state index in [0.29, 0.717) is 24.0 Å². The maximum absolute atomic E-state index is 15.5. The minimum absolute atomic E-state index is 0.0603. The zero-order valence-corrected chi connectivity index (χ0v) is 19.1. The molecule has 1 amide bonds. The predicted octanol–water partition coefficient (Wildman–Crippen LogP) is 2.71. The number of hydrogen-bond acceptors (Lipinski definition) is 4.